The predicted molar refractivity (Wildman–Crippen MR) is 155 cm³/mol. The van der Waals surface area contributed by atoms with Crippen molar-refractivity contribution in [3.05, 3.63) is 101 Å². The molecule has 38 heavy (non-hydrogen) atoms. The van der Waals surface area contributed by atoms with Gasteiger partial charge >= 0.3 is 0 Å². The molecule has 3 aromatic carbocycles. The van der Waals surface area contributed by atoms with E-state index in [2.05, 4.69) is 5.32 Å². The number of benzene rings is 3. The maximum Gasteiger partial charge on any atom is 0.243 e. The lowest BCUT2D eigenvalue weighted by atomic mass is 10.0. The Kier molecular flexibility index (Phi) is 10.5. The quantitative estimate of drug-likeness (QED) is 0.288. The molecule has 1 aliphatic rings. The van der Waals surface area contributed by atoms with E-state index < -0.39 is 6.04 Å². The molecule has 7 heteroatoms. The maximum atomic E-state index is 13.8. The highest BCUT2D eigenvalue weighted by molar-refractivity contribution is 7.99. The SMILES string of the molecule is COc1cccc(CN(C(=O)CSCc2ccc(Cl)cc2)[C@@H](Cc2ccccc2)C(=O)NC2CCCC2)c1. The number of carbonyl (C=O) groups excluding carboxylic acids is 2. The van der Waals surface area contributed by atoms with Crippen molar-refractivity contribution in [2.45, 2.75) is 56.5 Å². The number of amides is 2. The van der Waals surface area contributed by atoms with Crippen LogP contribution in [0.15, 0.2) is 78.9 Å². The number of carbonyl (C=O) groups is 2. The van der Waals surface area contributed by atoms with E-state index in [-0.39, 0.29) is 23.6 Å². The Labute approximate surface area is 234 Å². The van der Waals surface area contributed by atoms with Crippen LogP contribution in [0.1, 0.15) is 42.4 Å². The molecule has 0 saturated heterocycles. The molecule has 0 unspecified atom stereocenters. The number of hydrogen-bond acceptors (Lipinski definition) is 4. The van der Waals surface area contributed by atoms with Crippen molar-refractivity contribution in [3.63, 3.8) is 0 Å². The second-order valence-electron chi connectivity index (χ2n) is 9.69. The van der Waals surface area contributed by atoms with Crippen molar-refractivity contribution in [2.75, 3.05) is 12.9 Å². The van der Waals surface area contributed by atoms with Crippen LogP contribution in [-0.4, -0.2) is 41.7 Å². The second-order valence-corrected chi connectivity index (χ2v) is 11.1. The molecule has 1 fully saturated rings. The monoisotopic (exact) mass is 550 g/mol. The molecule has 0 spiro atoms. The molecule has 1 atom stereocenters. The van der Waals surface area contributed by atoms with Crippen molar-refractivity contribution in [3.8, 4) is 5.75 Å². The normalized spacial score (nSPS) is 14.2. The van der Waals surface area contributed by atoms with E-state index in [1.807, 2.05) is 78.9 Å². The van der Waals surface area contributed by atoms with E-state index in [1.165, 1.54) is 0 Å². The molecule has 2 amide bonds. The molecular weight excluding hydrogens is 516 g/mol. The fraction of sp³-hybridized carbons (Fsp3) is 0.355. The Morgan fingerprint density at radius 2 is 1.68 bits per heavy atom. The molecule has 0 radical (unpaired) electrons. The van der Waals surface area contributed by atoms with E-state index in [9.17, 15) is 9.59 Å². The number of thioether (sulfide) groups is 1. The number of nitrogens with zero attached hydrogens (tertiary/aromatic N) is 1. The van der Waals surface area contributed by atoms with Gasteiger partial charge in [0.15, 0.2) is 0 Å². The first-order valence-electron chi connectivity index (χ1n) is 13.1. The zero-order valence-corrected chi connectivity index (χ0v) is 23.3. The number of rotatable bonds is 12. The zero-order chi connectivity index (χ0) is 26.7. The summed E-state index contributed by atoms with van der Waals surface area (Å²) in [6.45, 7) is 0.327. The fourth-order valence-corrected chi connectivity index (χ4v) is 5.81. The van der Waals surface area contributed by atoms with Crippen LogP contribution in [0.5, 0.6) is 5.75 Å². The van der Waals surface area contributed by atoms with E-state index in [0.29, 0.717) is 23.7 Å². The highest BCUT2D eigenvalue weighted by atomic mass is 35.5. The minimum absolute atomic E-state index is 0.0608. The van der Waals surface area contributed by atoms with Crippen LogP contribution in [-0.2, 0) is 28.3 Å². The number of halogens is 1. The molecule has 1 N–H and O–H groups in total. The van der Waals surface area contributed by atoms with Gasteiger partial charge in [-0.05, 0) is 53.8 Å². The number of ether oxygens (including phenoxy) is 1. The van der Waals surface area contributed by atoms with Gasteiger partial charge in [-0.25, -0.2) is 0 Å². The summed E-state index contributed by atoms with van der Waals surface area (Å²) >= 11 is 7.56. The summed E-state index contributed by atoms with van der Waals surface area (Å²) in [4.78, 5) is 29.3. The van der Waals surface area contributed by atoms with Crippen molar-refractivity contribution < 1.29 is 14.3 Å². The fourth-order valence-electron chi connectivity index (χ4n) is 4.81. The lowest BCUT2D eigenvalue weighted by Gasteiger charge is -2.32. The molecule has 5 nitrogen and oxygen atoms in total. The predicted octanol–water partition coefficient (Wildman–Crippen LogP) is 6.28. The van der Waals surface area contributed by atoms with Crippen molar-refractivity contribution in [1.29, 1.82) is 0 Å². The van der Waals surface area contributed by atoms with Crippen molar-refractivity contribution in [2.24, 2.45) is 0 Å². The van der Waals surface area contributed by atoms with Gasteiger partial charge in [-0.3, -0.25) is 9.59 Å². The molecule has 1 saturated carbocycles. The van der Waals surface area contributed by atoms with Crippen LogP contribution in [0.2, 0.25) is 5.02 Å². The van der Waals surface area contributed by atoms with Gasteiger partial charge in [0.1, 0.15) is 11.8 Å². The summed E-state index contributed by atoms with van der Waals surface area (Å²) < 4.78 is 5.42. The molecule has 4 rings (SSSR count). The molecule has 0 aliphatic heterocycles. The number of hydrogen-bond donors (Lipinski definition) is 1. The summed E-state index contributed by atoms with van der Waals surface area (Å²) in [5.41, 5.74) is 3.05. The second kappa shape index (κ2) is 14.3. The van der Waals surface area contributed by atoms with E-state index in [0.717, 1.165) is 48.1 Å². The van der Waals surface area contributed by atoms with Crippen LogP contribution in [0.3, 0.4) is 0 Å². The lowest BCUT2D eigenvalue weighted by Crippen LogP contribution is -2.52. The Bertz CT molecular complexity index is 1180. The zero-order valence-electron chi connectivity index (χ0n) is 21.8. The number of methoxy groups -OCH3 is 1. The third-order valence-electron chi connectivity index (χ3n) is 6.87. The molecule has 0 bridgehead atoms. The largest absolute Gasteiger partial charge is 0.497 e. The number of nitrogens with one attached hydrogen (secondary N) is 1. The van der Waals surface area contributed by atoms with Crippen LogP contribution in [0, 0.1) is 0 Å². The smallest absolute Gasteiger partial charge is 0.243 e. The Morgan fingerprint density at radius 3 is 2.39 bits per heavy atom. The summed E-state index contributed by atoms with van der Waals surface area (Å²) in [6, 6.07) is 24.8. The molecule has 3 aromatic rings. The van der Waals surface area contributed by atoms with E-state index in [1.54, 1.807) is 23.8 Å². The summed E-state index contributed by atoms with van der Waals surface area (Å²) in [7, 11) is 1.63. The lowest BCUT2D eigenvalue weighted by molar-refractivity contribution is -0.139. The van der Waals surface area contributed by atoms with Gasteiger partial charge < -0.3 is 15.0 Å². The van der Waals surface area contributed by atoms with Gasteiger partial charge in [0.2, 0.25) is 11.8 Å². The molecular formula is C31H35ClN2O3S. The van der Waals surface area contributed by atoms with Gasteiger partial charge in [0.05, 0.1) is 12.9 Å². The van der Waals surface area contributed by atoms with Gasteiger partial charge in [-0.1, -0.05) is 79.0 Å². The van der Waals surface area contributed by atoms with Gasteiger partial charge in [-0.15, -0.1) is 11.8 Å². The molecule has 0 aromatic heterocycles. The molecule has 1 aliphatic carbocycles. The van der Waals surface area contributed by atoms with Crippen LogP contribution >= 0.6 is 23.4 Å². The summed E-state index contributed by atoms with van der Waals surface area (Å²) in [6.07, 6.45) is 4.69. The van der Waals surface area contributed by atoms with E-state index >= 15 is 0 Å². The average Bonchev–Trinajstić information content (AvgIpc) is 3.45. The van der Waals surface area contributed by atoms with Crippen molar-refractivity contribution in [1.82, 2.24) is 10.2 Å². The highest BCUT2D eigenvalue weighted by Crippen LogP contribution is 2.23. The first kappa shape index (κ1) is 28.1. The Hall–Kier alpha value is -2.96. The minimum Gasteiger partial charge on any atom is -0.497 e. The molecule has 0 heterocycles. The van der Waals surface area contributed by atoms with Gasteiger partial charge in [-0.2, -0.15) is 0 Å². The highest BCUT2D eigenvalue weighted by Gasteiger charge is 2.32. The standard InChI is InChI=1S/C31H35ClN2O3S/c1-37-28-13-7-10-25(18-28)20-34(30(35)22-38-21-24-14-16-26(32)17-15-24)29(19-23-8-3-2-4-9-23)31(36)33-27-11-5-6-12-27/h2-4,7-10,13-18,27,29H,5-6,11-12,19-22H2,1H3,(H,33,36)/t29-/m0/s1. The Balaban J connectivity index is 1.57. The molecule has 200 valence electrons. The first-order chi connectivity index (χ1) is 18.5. The third-order valence-corrected chi connectivity index (χ3v) is 8.11. The Morgan fingerprint density at radius 1 is 0.974 bits per heavy atom. The van der Waals surface area contributed by atoms with Gasteiger partial charge in [0.25, 0.3) is 0 Å². The summed E-state index contributed by atoms with van der Waals surface area (Å²) in [5.74, 6) is 1.54. The van der Waals surface area contributed by atoms with Crippen LogP contribution in [0.25, 0.3) is 0 Å². The topological polar surface area (TPSA) is 58.6 Å². The first-order valence-corrected chi connectivity index (χ1v) is 14.6. The van der Waals surface area contributed by atoms with E-state index in [4.69, 9.17) is 16.3 Å². The summed E-state index contributed by atoms with van der Waals surface area (Å²) in [5, 5.41) is 3.94. The van der Waals surface area contributed by atoms with Crippen LogP contribution < -0.4 is 10.1 Å². The van der Waals surface area contributed by atoms with Crippen molar-refractivity contribution >= 4 is 35.2 Å². The minimum atomic E-state index is -0.618. The average molecular weight is 551 g/mol. The maximum absolute atomic E-state index is 13.8. The van der Waals surface area contributed by atoms with Crippen LogP contribution in [0.4, 0.5) is 0 Å². The third kappa shape index (κ3) is 8.27. The van der Waals surface area contributed by atoms with Gasteiger partial charge in [0, 0.05) is 29.8 Å².